The van der Waals surface area contributed by atoms with Crippen LogP contribution < -0.4 is 5.73 Å². The molecule has 17 heavy (non-hydrogen) atoms. The zero-order valence-electron chi connectivity index (χ0n) is 9.39. The van der Waals surface area contributed by atoms with E-state index in [1.165, 1.54) is 0 Å². The van der Waals surface area contributed by atoms with Gasteiger partial charge in [-0.05, 0) is 27.9 Å². The van der Waals surface area contributed by atoms with E-state index in [-0.39, 0.29) is 21.3 Å². The molecule has 2 rings (SSSR count). The Morgan fingerprint density at radius 3 is 2.47 bits per heavy atom. The Morgan fingerprint density at radius 1 is 1.24 bits per heavy atom. The number of hydrogen-bond acceptors (Lipinski definition) is 2. The lowest BCUT2D eigenvalue weighted by atomic mass is 10.1. The molecule has 0 amide bonds. The zero-order chi connectivity index (χ0) is 12.7. The second-order valence-electron chi connectivity index (χ2n) is 4.17. The summed E-state index contributed by atoms with van der Waals surface area (Å²) in [6.45, 7) is 3.87. The molecule has 1 aromatic carbocycles. The molecule has 0 fully saturated rings. The van der Waals surface area contributed by atoms with Crippen molar-refractivity contribution in [3.8, 4) is 0 Å². The molecule has 0 saturated carbocycles. The Balaban J connectivity index is 2.90. The van der Waals surface area contributed by atoms with E-state index in [9.17, 15) is 8.78 Å². The van der Waals surface area contributed by atoms with Crippen molar-refractivity contribution in [3.05, 3.63) is 33.9 Å². The summed E-state index contributed by atoms with van der Waals surface area (Å²) in [4.78, 5) is 4.19. The number of aromatic nitrogens is 1. The minimum absolute atomic E-state index is 0.0991. The Labute approximate surface area is 106 Å². The molecule has 0 spiro atoms. The third-order valence-corrected chi connectivity index (χ3v) is 3.35. The van der Waals surface area contributed by atoms with Crippen molar-refractivity contribution in [2.45, 2.75) is 19.8 Å². The Kier molecular flexibility index (Phi) is 3.03. The van der Waals surface area contributed by atoms with E-state index in [0.29, 0.717) is 11.4 Å². The third-order valence-electron chi connectivity index (χ3n) is 2.57. The number of hydrogen-bond donors (Lipinski definition) is 1. The van der Waals surface area contributed by atoms with Crippen molar-refractivity contribution < 1.29 is 8.78 Å². The van der Waals surface area contributed by atoms with E-state index in [1.807, 2.05) is 13.8 Å². The average Bonchev–Trinajstić information content (AvgIpc) is 2.25. The molecule has 0 atom stereocenters. The van der Waals surface area contributed by atoms with Crippen LogP contribution in [0.5, 0.6) is 0 Å². The van der Waals surface area contributed by atoms with Gasteiger partial charge in [0.05, 0.1) is 4.47 Å². The number of fused-ring (bicyclic) bond motifs is 1. The summed E-state index contributed by atoms with van der Waals surface area (Å²) in [6, 6.07) is 2.46. The second-order valence-corrected chi connectivity index (χ2v) is 4.96. The maximum atomic E-state index is 13.7. The van der Waals surface area contributed by atoms with Crippen LogP contribution in [0.3, 0.4) is 0 Å². The number of pyridine rings is 1. The molecule has 5 heteroatoms. The molecule has 2 aromatic rings. The molecule has 0 aliphatic carbocycles. The van der Waals surface area contributed by atoms with Crippen LogP contribution in [0.4, 0.5) is 14.5 Å². The topological polar surface area (TPSA) is 38.9 Å². The van der Waals surface area contributed by atoms with E-state index in [4.69, 9.17) is 5.73 Å². The number of halogens is 3. The van der Waals surface area contributed by atoms with Crippen molar-refractivity contribution >= 4 is 32.5 Å². The maximum Gasteiger partial charge on any atom is 0.152 e. The summed E-state index contributed by atoms with van der Waals surface area (Å²) in [5.41, 5.74) is 6.94. The van der Waals surface area contributed by atoms with Gasteiger partial charge >= 0.3 is 0 Å². The summed E-state index contributed by atoms with van der Waals surface area (Å²) >= 11 is 3.07. The highest BCUT2D eigenvalue weighted by molar-refractivity contribution is 9.10. The minimum Gasteiger partial charge on any atom is -0.398 e. The number of nitrogen functional groups attached to an aromatic ring is 1. The first-order valence-electron chi connectivity index (χ1n) is 5.15. The van der Waals surface area contributed by atoms with E-state index >= 15 is 0 Å². The van der Waals surface area contributed by atoms with Crippen molar-refractivity contribution in [1.29, 1.82) is 0 Å². The Bertz CT molecular complexity index is 597. The highest BCUT2D eigenvalue weighted by Crippen LogP contribution is 2.33. The van der Waals surface area contributed by atoms with Gasteiger partial charge in [0.15, 0.2) is 5.82 Å². The van der Waals surface area contributed by atoms with Crippen LogP contribution in [0, 0.1) is 11.6 Å². The standard InChI is InChI=1S/C12H11BrF2N2/c1-5(2)9-4-8(16)10-11(13)6(14)3-7(15)12(10)17-9/h3-5H,1-2H3,(H2,16,17). The van der Waals surface area contributed by atoms with Gasteiger partial charge in [0.1, 0.15) is 11.3 Å². The van der Waals surface area contributed by atoms with Gasteiger partial charge < -0.3 is 5.73 Å². The highest BCUT2D eigenvalue weighted by Gasteiger charge is 2.16. The first-order chi connectivity index (χ1) is 7.91. The fourth-order valence-corrected chi connectivity index (χ4v) is 2.18. The van der Waals surface area contributed by atoms with Crippen LogP contribution in [-0.2, 0) is 0 Å². The van der Waals surface area contributed by atoms with E-state index in [2.05, 4.69) is 20.9 Å². The smallest absolute Gasteiger partial charge is 0.152 e. The monoisotopic (exact) mass is 300 g/mol. The summed E-state index contributed by atoms with van der Waals surface area (Å²) in [5, 5.41) is 0.284. The van der Waals surface area contributed by atoms with Crippen molar-refractivity contribution in [2.75, 3.05) is 5.73 Å². The zero-order valence-corrected chi connectivity index (χ0v) is 11.0. The summed E-state index contributed by atoms with van der Waals surface area (Å²) in [5.74, 6) is -1.25. The molecular weight excluding hydrogens is 290 g/mol. The van der Waals surface area contributed by atoms with Crippen LogP contribution in [0.2, 0.25) is 0 Å². The van der Waals surface area contributed by atoms with Crippen LogP contribution in [-0.4, -0.2) is 4.98 Å². The average molecular weight is 301 g/mol. The van der Waals surface area contributed by atoms with Crippen molar-refractivity contribution in [1.82, 2.24) is 4.98 Å². The SMILES string of the molecule is CC(C)c1cc(N)c2c(Br)c(F)cc(F)c2n1. The van der Waals surface area contributed by atoms with Crippen molar-refractivity contribution in [3.63, 3.8) is 0 Å². The van der Waals surface area contributed by atoms with Crippen molar-refractivity contribution in [2.24, 2.45) is 0 Å². The molecule has 0 bridgehead atoms. The predicted octanol–water partition coefficient (Wildman–Crippen LogP) is 3.98. The van der Waals surface area contributed by atoms with Crippen LogP contribution in [0.1, 0.15) is 25.5 Å². The molecule has 2 N–H and O–H groups in total. The van der Waals surface area contributed by atoms with Gasteiger partial charge in [0.25, 0.3) is 0 Å². The molecular formula is C12H11BrF2N2. The number of nitrogens with two attached hydrogens (primary N) is 1. The molecule has 90 valence electrons. The van der Waals surface area contributed by atoms with E-state index in [0.717, 1.165) is 6.07 Å². The van der Waals surface area contributed by atoms with E-state index < -0.39 is 11.6 Å². The second kappa shape index (κ2) is 4.22. The Hall–Kier alpha value is -1.23. The number of nitrogens with zero attached hydrogens (tertiary/aromatic N) is 1. The van der Waals surface area contributed by atoms with Crippen LogP contribution in [0.15, 0.2) is 16.6 Å². The van der Waals surface area contributed by atoms with Crippen LogP contribution in [0.25, 0.3) is 10.9 Å². The Morgan fingerprint density at radius 2 is 1.88 bits per heavy atom. The number of anilines is 1. The minimum atomic E-state index is -0.699. The van der Waals surface area contributed by atoms with Gasteiger partial charge in [0, 0.05) is 22.8 Å². The lowest BCUT2D eigenvalue weighted by Crippen LogP contribution is -2.00. The molecule has 0 saturated heterocycles. The number of benzene rings is 1. The fourth-order valence-electron chi connectivity index (χ4n) is 1.65. The number of rotatable bonds is 1. The first-order valence-corrected chi connectivity index (χ1v) is 5.94. The van der Waals surface area contributed by atoms with Gasteiger partial charge in [-0.2, -0.15) is 0 Å². The molecule has 0 aliphatic heterocycles. The highest BCUT2D eigenvalue weighted by atomic mass is 79.9. The molecule has 1 heterocycles. The maximum absolute atomic E-state index is 13.7. The molecule has 0 aliphatic rings. The quantitative estimate of drug-likeness (QED) is 0.809. The summed E-state index contributed by atoms with van der Waals surface area (Å²) < 4.78 is 27.2. The van der Waals surface area contributed by atoms with Gasteiger partial charge in [-0.1, -0.05) is 13.8 Å². The lowest BCUT2D eigenvalue weighted by molar-refractivity contribution is 0.586. The fraction of sp³-hybridized carbons (Fsp3) is 0.250. The van der Waals surface area contributed by atoms with Gasteiger partial charge in [0.2, 0.25) is 0 Å². The van der Waals surface area contributed by atoms with E-state index in [1.54, 1.807) is 6.07 Å². The normalized spacial score (nSPS) is 11.4. The van der Waals surface area contributed by atoms with Gasteiger partial charge in [-0.15, -0.1) is 0 Å². The molecule has 2 nitrogen and oxygen atoms in total. The first kappa shape index (κ1) is 12.2. The van der Waals surface area contributed by atoms with Gasteiger partial charge in [-0.25, -0.2) is 13.8 Å². The van der Waals surface area contributed by atoms with Gasteiger partial charge in [-0.3, -0.25) is 0 Å². The largest absolute Gasteiger partial charge is 0.398 e. The third kappa shape index (κ3) is 1.99. The summed E-state index contributed by atoms with van der Waals surface area (Å²) in [6.07, 6.45) is 0. The predicted molar refractivity (Wildman–Crippen MR) is 67.9 cm³/mol. The summed E-state index contributed by atoms with van der Waals surface area (Å²) in [7, 11) is 0. The lowest BCUT2D eigenvalue weighted by Gasteiger charge is -2.11. The van der Waals surface area contributed by atoms with Crippen LogP contribution >= 0.6 is 15.9 Å². The molecule has 0 unspecified atom stereocenters. The molecule has 1 aromatic heterocycles. The molecule has 0 radical (unpaired) electrons.